The first-order valence-corrected chi connectivity index (χ1v) is 8.45. The van der Waals surface area contributed by atoms with Gasteiger partial charge in [-0.3, -0.25) is 14.9 Å². The van der Waals surface area contributed by atoms with Crippen LogP contribution in [0.25, 0.3) is 0 Å². The number of aryl methyl sites for hydroxylation is 1. The molecule has 0 radical (unpaired) electrons. The smallest absolute Gasteiger partial charge is 0.274 e. The summed E-state index contributed by atoms with van der Waals surface area (Å²) in [5.41, 5.74) is 0.405. The molecular weight excluding hydrogens is 350 g/mol. The first-order valence-electron chi connectivity index (χ1n) is 6.90. The Bertz CT molecular complexity index is 956. The lowest BCUT2D eigenvalue weighted by molar-refractivity contribution is -0.385. The van der Waals surface area contributed by atoms with Gasteiger partial charge in [-0.2, -0.15) is 0 Å². The number of carbonyl (C=O) groups excluding carboxylic acids is 1. The van der Waals surface area contributed by atoms with E-state index in [4.69, 9.17) is 9.88 Å². The number of rotatable bonds is 5. The van der Waals surface area contributed by atoms with E-state index in [0.29, 0.717) is 5.56 Å². The summed E-state index contributed by atoms with van der Waals surface area (Å²) in [4.78, 5) is 22.6. The van der Waals surface area contributed by atoms with Crippen LogP contribution < -0.4 is 15.2 Å². The van der Waals surface area contributed by atoms with Gasteiger partial charge in [0.05, 0.1) is 22.5 Å². The number of nitrogens with one attached hydrogen (secondary N) is 1. The molecule has 0 aliphatic carbocycles. The molecule has 9 nitrogen and oxygen atoms in total. The highest BCUT2D eigenvalue weighted by atomic mass is 32.2. The van der Waals surface area contributed by atoms with E-state index < -0.39 is 20.9 Å². The maximum absolute atomic E-state index is 12.4. The van der Waals surface area contributed by atoms with Crippen molar-refractivity contribution in [3.8, 4) is 5.75 Å². The van der Waals surface area contributed by atoms with E-state index in [1.165, 1.54) is 37.4 Å². The Morgan fingerprint density at radius 2 is 1.92 bits per heavy atom. The Morgan fingerprint density at radius 1 is 1.24 bits per heavy atom. The number of carbonyl (C=O) groups is 1. The maximum Gasteiger partial charge on any atom is 0.274 e. The third-order valence-electron chi connectivity index (χ3n) is 3.41. The molecular formula is C15H15N3O6S. The Morgan fingerprint density at radius 3 is 2.48 bits per heavy atom. The lowest BCUT2D eigenvalue weighted by Crippen LogP contribution is -2.17. The normalized spacial score (nSPS) is 11.0. The Hall–Kier alpha value is -2.98. The number of hydrogen-bond acceptors (Lipinski definition) is 6. The van der Waals surface area contributed by atoms with Crippen LogP contribution in [0.1, 0.15) is 15.9 Å². The van der Waals surface area contributed by atoms with Crippen LogP contribution in [-0.4, -0.2) is 26.4 Å². The summed E-state index contributed by atoms with van der Waals surface area (Å²) < 4.78 is 28.0. The number of anilines is 1. The monoisotopic (exact) mass is 365 g/mol. The van der Waals surface area contributed by atoms with Crippen molar-refractivity contribution in [1.82, 2.24) is 0 Å². The molecule has 1 amide bonds. The Balaban J connectivity index is 2.41. The zero-order valence-corrected chi connectivity index (χ0v) is 14.2. The number of nitrogens with two attached hydrogens (primary N) is 1. The topological polar surface area (TPSA) is 142 Å². The molecule has 0 heterocycles. The highest BCUT2D eigenvalue weighted by molar-refractivity contribution is 7.89. The van der Waals surface area contributed by atoms with Crippen molar-refractivity contribution in [2.75, 3.05) is 12.4 Å². The molecule has 10 heteroatoms. The van der Waals surface area contributed by atoms with Crippen molar-refractivity contribution in [3.63, 3.8) is 0 Å². The third kappa shape index (κ3) is 4.11. The predicted octanol–water partition coefficient (Wildman–Crippen LogP) is 1.81. The number of nitro benzene ring substituents is 1. The van der Waals surface area contributed by atoms with E-state index in [2.05, 4.69) is 5.32 Å². The summed E-state index contributed by atoms with van der Waals surface area (Å²) in [6.45, 7) is 1.57. The van der Waals surface area contributed by atoms with Gasteiger partial charge < -0.3 is 10.1 Å². The molecule has 0 unspecified atom stereocenters. The second-order valence-corrected chi connectivity index (χ2v) is 6.68. The Kier molecular flexibility index (Phi) is 5.04. The molecule has 0 aliphatic heterocycles. The summed E-state index contributed by atoms with van der Waals surface area (Å²) in [7, 11) is -2.69. The van der Waals surface area contributed by atoms with Crippen molar-refractivity contribution >= 4 is 27.3 Å². The number of methoxy groups -OCH3 is 1. The fourth-order valence-corrected chi connectivity index (χ4v) is 2.66. The van der Waals surface area contributed by atoms with Crippen LogP contribution in [0.4, 0.5) is 11.4 Å². The van der Waals surface area contributed by atoms with Gasteiger partial charge in [0.1, 0.15) is 5.75 Å². The third-order valence-corrected chi connectivity index (χ3v) is 4.32. The van der Waals surface area contributed by atoms with Gasteiger partial charge in [-0.1, -0.05) is 6.07 Å². The molecule has 2 rings (SSSR count). The average Bonchev–Trinajstić information content (AvgIpc) is 2.54. The molecule has 25 heavy (non-hydrogen) atoms. The van der Waals surface area contributed by atoms with Crippen LogP contribution in [0, 0.1) is 17.0 Å². The van der Waals surface area contributed by atoms with Crippen LogP contribution in [0.3, 0.4) is 0 Å². The van der Waals surface area contributed by atoms with Crippen LogP contribution in [0.15, 0.2) is 41.3 Å². The molecule has 0 bridgehead atoms. The SMILES string of the molecule is COc1ccc(S(N)(=O)=O)cc1C(=O)Nc1ccc(C)c([N+](=O)[O-])c1. The highest BCUT2D eigenvalue weighted by Crippen LogP contribution is 2.25. The van der Waals surface area contributed by atoms with Gasteiger partial charge in [0.15, 0.2) is 0 Å². The molecule has 3 N–H and O–H groups in total. The molecule has 0 aliphatic rings. The molecule has 0 atom stereocenters. The molecule has 2 aromatic rings. The minimum atomic E-state index is -4.01. The van der Waals surface area contributed by atoms with Gasteiger partial charge in [0, 0.05) is 17.3 Å². The first kappa shape index (κ1) is 18.4. The number of nitrogens with zero attached hydrogens (tertiary/aromatic N) is 1. The summed E-state index contributed by atoms with van der Waals surface area (Å²) in [6, 6.07) is 7.78. The highest BCUT2D eigenvalue weighted by Gasteiger charge is 2.19. The molecule has 0 aromatic heterocycles. The molecule has 0 fully saturated rings. The first-order chi connectivity index (χ1) is 11.6. The molecule has 0 saturated carbocycles. The van der Waals surface area contributed by atoms with Gasteiger partial charge in [-0.15, -0.1) is 0 Å². The summed E-state index contributed by atoms with van der Waals surface area (Å²) >= 11 is 0. The van der Waals surface area contributed by atoms with Gasteiger partial charge in [-0.05, 0) is 31.2 Å². The van der Waals surface area contributed by atoms with Gasteiger partial charge in [0.2, 0.25) is 10.0 Å². The minimum Gasteiger partial charge on any atom is -0.496 e. The van der Waals surface area contributed by atoms with Crippen LogP contribution >= 0.6 is 0 Å². The largest absolute Gasteiger partial charge is 0.496 e. The zero-order valence-electron chi connectivity index (χ0n) is 13.3. The standard InChI is InChI=1S/C15H15N3O6S/c1-9-3-4-10(7-13(9)18(20)21)17-15(19)12-8-11(25(16,22)23)5-6-14(12)24-2/h3-8H,1-2H3,(H,17,19)(H2,16,22,23). The van der Waals surface area contributed by atoms with E-state index in [9.17, 15) is 23.3 Å². The van der Waals surface area contributed by atoms with Crippen molar-refractivity contribution in [1.29, 1.82) is 0 Å². The quantitative estimate of drug-likeness (QED) is 0.611. The number of ether oxygens (including phenoxy) is 1. The van der Waals surface area contributed by atoms with Crippen molar-refractivity contribution in [2.45, 2.75) is 11.8 Å². The summed E-state index contributed by atoms with van der Waals surface area (Å²) in [5.74, 6) is -0.563. The number of benzene rings is 2. The number of nitro groups is 1. The minimum absolute atomic E-state index is 0.0720. The Labute approximate surface area is 143 Å². The number of hydrogen-bond donors (Lipinski definition) is 2. The molecule has 0 saturated heterocycles. The van der Waals surface area contributed by atoms with E-state index in [-0.39, 0.29) is 27.6 Å². The summed E-state index contributed by atoms with van der Waals surface area (Å²) in [6.07, 6.45) is 0. The molecule has 0 spiro atoms. The maximum atomic E-state index is 12.4. The van der Waals surface area contributed by atoms with Gasteiger partial charge >= 0.3 is 0 Å². The lowest BCUT2D eigenvalue weighted by atomic mass is 10.1. The zero-order chi connectivity index (χ0) is 18.8. The average molecular weight is 365 g/mol. The van der Waals surface area contributed by atoms with Gasteiger partial charge in [-0.25, -0.2) is 13.6 Å². The van der Waals surface area contributed by atoms with E-state index in [1.807, 2.05) is 0 Å². The van der Waals surface area contributed by atoms with Crippen molar-refractivity contribution < 1.29 is 22.9 Å². The van der Waals surface area contributed by atoms with E-state index >= 15 is 0 Å². The van der Waals surface area contributed by atoms with Crippen LogP contribution in [0.5, 0.6) is 5.75 Å². The summed E-state index contributed by atoms with van der Waals surface area (Å²) in [5, 5.41) is 18.5. The second kappa shape index (κ2) is 6.87. The van der Waals surface area contributed by atoms with Crippen molar-refractivity contribution in [3.05, 3.63) is 57.6 Å². The molecule has 132 valence electrons. The lowest BCUT2D eigenvalue weighted by Gasteiger charge is -2.11. The predicted molar refractivity (Wildman–Crippen MR) is 90.2 cm³/mol. The molecule has 2 aromatic carbocycles. The van der Waals surface area contributed by atoms with E-state index in [0.717, 1.165) is 6.07 Å². The fraction of sp³-hybridized carbons (Fsp3) is 0.133. The number of amides is 1. The fourth-order valence-electron chi connectivity index (χ4n) is 2.12. The number of primary sulfonamides is 1. The van der Waals surface area contributed by atoms with E-state index in [1.54, 1.807) is 6.92 Å². The van der Waals surface area contributed by atoms with Crippen molar-refractivity contribution in [2.24, 2.45) is 5.14 Å². The van der Waals surface area contributed by atoms with Crippen LogP contribution in [-0.2, 0) is 10.0 Å². The van der Waals surface area contributed by atoms with Gasteiger partial charge in [0.25, 0.3) is 11.6 Å². The number of sulfonamides is 1. The van der Waals surface area contributed by atoms with Crippen LogP contribution in [0.2, 0.25) is 0 Å². The second-order valence-electron chi connectivity index (χ2n) is 5.12.